The lowest BCUT2D eigenvalue weighted by molar-refractivity contribution is -0.140. The van der Waals surface area contributed by atoms with Crippen molar-refractivity contribution in [2.45, 2.75) is 19.5 Å². The molecule has 33 heavy (non-hydrogen) atoms. The number of benzene rings is 2. The van der Waals surface area contributed by atoms with Crippen LogP contribution in [-0.4, -0.2) is 39.9 Å². The molecule has 3 heterocycles. The Bertz CT molecular complexity index is 1250. The van der Waals surface area contributed by atoms with E-state index in [9.17, 15) is 14.7 Å². The number of carbonyl (C=O) groups excluding carboxylic acids is 2. The lowest BCUT2D eigenvalue weighted by atomic mass is 9.94. The number of carbonyl (C=O) groups is 2. The van der Waals surface area contributed by atoms with E-state index < -0.39 is 17.7 Å². The molecule has 0 radical (unpaired) electrons. The maximum absolute atomic E-state index is 13.2. The Hall–Kier alpha value is -4.13. The van der Waals surface area contributed by atoms with Crippen LogP contribution in [0.15, 0.2) is 72.6 Å². The molecular formula is C26H22N2O5. The van der Waals surface area contributed by atoms with Crippen molar-refractivity contribution in [3.8, 4) is 11.5 Å². The van der Waals surface area contributed by atoms with E-state index in [0.29, 0.717) is 30.3 Å². The van der Waals surface area contributed by atoms with Crippen LogP contribution < -0.4 is 9.47 Å². The fraction of sp³-hybridized carbons (Fsp3) is 0.192. The topological polar surface area (TPSA) is 89.0 Å². The zero-order valence-corrected chi connectivity index (χ0v) is 18.0. The first-order chi connectivity index (χ1) is 16.0. The fourth-order valence-corrected chi connectivity index (χ4v) is 4.17. The molecule has 0 saturated carbocycles. The van der Waals surface area contributed by atoms with Gasteiger partial charge in [-0.3, -0.25) is 14.6 Å². The van der Waals surface area contributed by atoms with Gasteiger partial charge < -0.3 is 19.5 Å². The van der Waals surface area contributed by atoms with Crippen molar-refractivity contribution >= 4 is 17.4 Å². The number of likely N-dealkylation sites (tertiary alicyclic amines) is 1. The number of nitrogens with zero attached hydrogens (tertiary/aromatic N) is 2. The van der Waals surface area contributed by atoms with Gasteiger partial charge in [0.2, 0.25) is 0 Å². The summed E-state index contributed by atoms with van der Waals surface area (Å²) in [5.41, 5.74) is 3.01. The molecular weight excluding hydrogens is 420 g/mol. The number of ketones is 1. The van der Waals surface area contributed by atoms with Crippen LogP contribution in [0.3, 0.4) is 0 Å². The van der Waals surface area contributed by atoms with Crippen molar-refractivity contribution in [3.05, 3.63) is 94.8 Å². The molecule has 1 aromatic heterocycles. The van der Waals surface area contributed by atoms with Crippen molar-refractivity contribution in [1.29, 1.82) is 0 Å². The highest BCUT2D eigenvalue weighted by Crippen LogP contribution is 2.41. The smallest absolute Gasteiger partial charge is 0.295 e. The van der Waals surface area contributed by atoms with Crippen LogP contribution in [0.2, 0.25) is 0 Å². The molecule has 0 aliphatic carbocycles. The summed E-state index contributed by atoms with van der Waals surface area (Å²) in [7, 11) is 0. The molecule has 1 amide bonds. The molecule has 0 spiro atoms. The molecule has 0 unspecified atom stereocenters. The average Bonchev–Trinajstić information content (AvgIpc) is 3.09. The number of aliphatic hydroxyl groups is 1. The Morgan fingerprint density at radius 3 is 2.55 bits per heavy atom. The van der Waals surface area contributed by atoms with Crippen molar-refractivity contribution < 1.29 is 24.2 Å². The normalized spacial score (nSPS) is 19.1. The summed E-state index contributed by atoms with van der Waals surface area (Å²) < 4.78 is 11.2. The quantitative estimate of drug-likeness (QED) is 0.376. The first-order valence-electron chi connectivity index (χ1n) is 10.7. The second-order valence-electron chi connectivity index (χ2n) is 8.06. The number of hydrogen-bond donors (Lipinski definition) is 1. The van der Waals surface area contributed by atoms with Crippen molar-refractivity contribution in [2.24, 2.45) is 0 Å². The summed E-state index contributed by atoms with van der Waals surface area (Å²) >= 11 is 0. The van der Waals surface area contributed by atoms with Gasteiger partial charge in [-0.05, 0) is 42.3 Å². The number of aryl methyl sites for hydroxylation is 1. The van der Waals surface area contributed by atoms with Gasteiger partial charge in [0.15, 0.2) is 11.5 Å². The minimum absolute atomic E-state index is 0.0458. The maximum Gasteiger partial charge on any atom is 0.295 e. The van der Waals surface area contributed by atoms with Gasteiger partial charge in [-0.15, -0.1) is 0 Å². The second-order valence-corrected chi connectivity index (χ2v) is 8.06. The minimum atomic E-state index is -0.737. The van der Waals surface area contributed by atoms with Gasteiger partial charge in [0.1, 0.15) is 19.0 Å². The molecule has 2 aliphatic rings. The van der Waals surface area contributed by atoms with E-state index in [-0.39, 0.29) is 17.9 Å². The molecule has 5 rings (SSSR count). The molecule has 7 nitrogen and oxygen atoms in total. The third-order valence-corrected chi connectivity index (χ3v) is 5.82. The highest BCUT2D eigenvalue weighted by Gasteiger charge is 2.46. The van der Waals surface area contributed by atoms with Crippen LogP contribution >= 0.6 is 0 Å². The highest BCUT2D eigenvalue weighted by atomic mass is 16.6. The number of fused-ring (bicyclic) bond motifs is 1. The van der Waals surface area contributed by atoms with Gasteiger partial charge in [0.25, 0.3) is 11.7 Å². The van der Waals surface area contributed by atoms with Gasteiger partial charge >= 0.3 is 0 Å². The molecule has 3 aromatic rings. The molecule has 2 aromatic carbocycles. The molecule has 166 valence electrons. The van der Waals surface area contributed by atoms with Crippen molar-refractivity contribution in [2.75, 3.05) is 13.2 Å². The summed E-state index contributed by atoms with van der Waals surface area (Å²) in [5, 5.41) is 11.3. The lowest BCUT2D eigenvalue weighted by Gasteiger charge is -2.25. The molecule has 0 bridgehead atoms. The molecule has 1 N–H and O–H groups in total. The zero-order chi connectivity index (χ0) is 22.9. The van der Waals surface area contributed by atoms with Crippen LogP contribution in [0.25, 0.3) is 5.76 Å². The number of ether oxygens (including phenoxy) is 2. The third-order valence-electron chi connectivity index (χ3n) is 5.82. The predicted octanol–water partition coefficient (Wildman–Crippen LogP) is 3.78. The number of aromatic nitrogens is 1. The monoisotopic (exact) mass is 442 g/mol. The fourth-order valence-electron chi connectivity index (χ4n) is 4.17. The van der Waals surface area contributed by atoms with Crippen LogP contribution in [0.1, 0.15) is 28.3 Å². The first-order valence-corrected chi connectivity index (χ1v) is 10.7. The van der Waals surface area contributed by atoms with E-state index in [2.05, 4.69) is 4.98 Å². The second kappa shape index (κ2) is 8.43. The lowest BCUT2D eigenvalue weighted by Crippen LogP contribution is -2.29. The van der Waals surface area contributed by atoms with Gasteiger partial charge in [-0.1, -0.05) is 35.9 Å². The summed E-state index contributed by atoms with van der Waals surface area (Å²) in [6.45, 7) is 3.00. The minimum Gasteiger partial charge on any atom is -0.507 e. The van der Waals surface area contributed by atoms with E-state index >= 15 is 0 Å². The summed E-state index contributed by atoms with van der Waals surface area (Å²) in [6.07, 6.45) is 3.31. The number of hydrogen-bond acceptors (Lipinski definition) is 6. The van der Waals surface area contributed by atoms with E-state index in [4.69, 9.17) is 9.47 Å². The van der Waals surface area contributed by atoms with Gasteiger partial charge in [-0.2, -0.15) is 0 Å². The van der Waals surface area contributed by atoms with E-state index in [1.54, 1.807) is 36.7 Å². The van der Waals surface area contributed by atoms with Gasteiger partial charge in [-0.25, -0.2) is 0 Å². The highest BCUT2D eigenvalue weighted by molar-refractivity contribution is 6.46. The first kappa shape index (κ1) is 20.8. The Labute approximate surface area is 190 Å². The number of pyridine rings is 1. The Morgan fingerprint density at radius 1 is 1.06 bits per heavy atom. The number of Topliss-reactive ketones (excluding diaryl/α,β-unsaturated/α-hetero) is 1. The van der Waals surface area contributed by atoms with Gasteiger partial charge in [0, 0.05) is 24.5 Å². The number of rotatable bonds is 4. The van der Waals surface area contributed by atoms with Gasteiger partial charge in [0.05, 0.1) is 11.6 Å². The van der Waals surface area contributed by atoms with Crippen LogP contribution in [-0.2, 0) is 16.1 Å². The predicted molar refractivity (Wildman–Crippen MR) is 121 cm³/mol. The van der Waals surface area contributed by atoms with E-state index in [0.717, 1.165) is 16.7 Å². The number of aliphatic hydroxyl groups excluding tert-OH is 1. The Balaban J connectivity index is 1.63. The van der Waals surface area contributed by atoms with Crippen LogP contribution in [0, 0.1) is 6.92 Å². The van der Waals surface area contributed by atoms with Crippen LogP contribution in [0.4, 0.5) is 0 Å². The summed E-state index contributed by atoms with van der Waals surface area (Å²) in [5.74, 6) is -0.573. The largest absolute Gasteiger partial charge is 0.507 e. The summed E-state index contributed by atoms with van der Waals surface area (Å²) in [4.78, 5) is 31.9. The molecule has 1 fully saturated rings. The summed E-state index contributed by atoms with van der Waals surface area (Å²) in [6, 6.07) is 15.5. The molecule has 2 aliphatic heterocycles. The Morgan fingerprint density at radius 2 is 1.82 bits per heavy atom. The number of amides is 1. The van der Waals surface area contributed by atoms with Crippen molar-refractivity contribution in [1.82, 2.24) is 9.88 Å². The van der Waals surface area contributed by atoms with E-state index in [1.165, 1.54) is 4.90 Å². The van der Waals surface area contributed by atoms with Crippen LogP contribution in [0.5, 0.6) is 11.5 Å². The van der Waals surface area contributed by atoms with E-state index in [1.807, 2.05) is 37.3 Å². The molecule has 1 saturated heterocycles. The standard InChI is InChI=1S/C26H22N2O5/c1-16-4-6-18(7-5-16)23-22(24(29)19-8-9-20-21(13-19)33-12-11-32-20)25(30)26(31)28(23)15-17-3-2-10-27-14-17/h2-10,13-14,23,29H,11-12,15H2,1H3/t23-/m0/s1. The zero-order valence-electron chi connectivity index (χ0n) is 18.0. The molecule has 7 heteroatoms. The van der Waals surface area contributed by atoms with Crippen molar-refractivity contribution in [3.63, 3.8) is 0 Å². The third kappa shape index (κ3) is 3.82. The maximum atomic E-state index is 13.2. The average molecular weight is 442 g/mol. The molecule has 1 atom stereocenters. The Kier molecular flexibility index (Phi) is 5.30. The SMILES string of the molecule is Cc1ccc([C@H]2C(=C(O)c3ccc4c(c3)OCCO4)C(=O)C(=O)N2Cc2cccnc2)cc1.